The van der Waals surface area contributed by atoms with Crippen LogP contribution in [0.3, 0.4) is 0 Å². The Balaban J connectivity index is 1.56. The van der Waals surface area contributed by atoms with Gasteiger partial charge in [-0.2, -0.15) is 13.2 Å². The average molecular weight is 396 g/mol. The fourth-order valence-corrected chi connectivity index (χ4v) is 3.29. The fourth-order valence-electron chi connectivity index (χ4n) is 2.34. The van der Waals surface area contributed by atoms with Crippen LogP contribution >= 0.6 is 11.3 Å². The van der Waals surface area contributed by atoms with Crippen molar-refractivity contribution in [2.24, 2.45) is 0 Å². The Kier molecular flexibility index (Phi) is 5.52. The Hall–Kier alpha value is -2.78. The zero-order valence-electron chi connectivity index (χ0n) is 13.8. The average Bonchev–Trinajstić information content (AvgIpc) is 3.31. The Morgan fingerprint density at radius 2 is 2.00 bits per heavy atom. The van der Waals surface area contributed by atoms with E-state index in [1.165, 1.54) is 29.7 Å². The standard InChI is InChI=1S/C18H15F3N2O3S/c19-18(20,21)11-3-1-4-12(9-11)23-17(25)22-10-13-6-7-15(27-13)16(24)14-5-2-8-26-14/h1-9,16,24H,10H2,(H2,22,23,25). The topological polar surface area (TPSA) is 74.5 Å². The minimum absolute atomic E-state index is 0.0439. The van der Waals surface area contributed by atoms with Gasteiger partial charge in [-0.15, -0.1) is 11.3 Å². The summed E-state index contributed by atoms with van der Waals surface area (Å²) in [5.41, 5.74) is -0.794. The maximum atomic E-state index is 12.7. The zero-order valence-corrected chi connectivity index (χ0v) is 14.6. The molecule has 0 saturated carbocycles. The van der Waals surface area contributed by atoms with E-state index in [1.54, 1.807) is 24.3 Å². The summed E-state index contributed by atoms with van der Waals surface area (Å²) in [5.74, 6) is 0.415. The van der Waals surface area contributed by atoms with E-state index >= 15 is 0 Å². The van der Waals surface area contributed by atoms with E-state index in [1.807, 2.05) is 0 Å². The molecule has 2 amide bonds. The molecule has 3 rings (SSSR count). The Morgan fingerprint density at radius 1 is 1.19 bits per heavy atom. The van der Waals surface area contributed by atoms with E-state index in [9.17, 15) is 23.1 Å². The van der Waals surface area contributed by atoms with Crippen LogP contribution in [0.25, 0.3) is 0 Å². The molecule has 2 aromatic heterocycles. The molecule has 3 N–H and O–H groups in total. The summed E-state index contributed by atoms with van der Waals surface area (Å²) in [6, 6.07) is 10.6. The highest BCUT2D eigenvalue weighted by Gasteiger charge is 2.30. The van der Waals surface area contributed by atoms with Gasteiger partial charge in [0, 0.05) is 15.4 Å². The van der Waals surface area contributed by atoms with Gasteiger partial charge in [-0.05, 0) is 42.5 Å². The molecule has 5 nitrogen and oxygen atoms in total. The third-order valence-electron chi connectivity index (χ3n) is 3.64. The number of benzene rings is 1. The second-order valence-electron chi connectivity index (χ2n) is 5.61. The largest absolute Gasteiger partial charge is 0.466 e. The van der Waals surface area contributed by atoms with Crippen molar-refractivity contribution in [2.45, 2.75) is 18.8 Å². The van der Waals surface area contributed by atoms with Gasteiger partial charge in [0.25, 0.3) is 0 Å². The number of amides is 2. The lowest BCUT2D eigenvalue weighted by Crippen LogP contribution is -2.27. The number of aliphatic hydroxyl groups is 1. The number of hydrogen-bond donors (Lipinski definition) is 3. The van der Waals surface area contributed by atoms with Crippen molar-refractivity contribution >= 4 is 23.1 Å². The molecule has 2 heterocycles. The predicted molar refractivity (Wildman–Crippen MR) is 94.4 cm³/mol. The summed E-state index contributed by atoms with van der Waals surface area (Å²) in [7, 11) is 0. The van der Waals surface area contributed by atoms with Gasteiger partial charge in [0.2, 0.25) is 0 Å². The van der Waals surface area contributed by atoms with Gasteiger partial charge < -0.3 is 20.2 Å². The number of nitrogens with one attached hydrogen (secondary N) is 2. The molecule has 0 saturated heterocycles. The molecule has 0 radical (unpaired) electrons. The summed E-state index contributed by atoms with van der Waals surface area (Å²) in [6.45, 7) is 0.167. The predicted octanol–water partition coefficient (Wildman–Crippen LogP) is 4.76. The Labute approximate surface area is 156 Å². The van der Waals surface area contributed by atoms with Crippen LogP contribution in [-0.4, -0.2) is 11.1 Å². The normalized spacial score (nSPS) is 12.6. The van der Waals surface area contributed by atoms with E-state index in [0.29, 0.717) is 10.6 Å². The molecule has 1 aromatic carbocycles. The molecule has 0 aliphatic carbocycles. The molecule has 27 heavy (non-hydrogen) atoms. The molecular formula is C18H15F3N2O3S. The van der Waals surface area contributed by atoms with Crippen LogP contribution in [0, 0.1) is 0 Å². The number of rotatable bonds is 5. The number of thiophene rings is 1. The minimum Gasteiger partial charge on any atom is -0.466 e. The van der Waals surface area contributed by atoms with Crippen LogP contribution in [0.2, 0.25) is 0 Å². The number of halogens is 3. The third-order valence-corrected chi connectivity index (χ3v) is 4.77. The lowest BCUT2D eigenvalue weighted by atomic mass is 10.2. The van der Waals surface area contributed by atoms with E-state index < -0.39 is 23.9 Å². The van der Waals surface area contributed by atoms with Crippen molar-refractivity contribution in [3.05, 3.63) is 75.9 Å². The molecule has 0 aliphatic heterocycles. The first-order valence-corrected chi connectivity index (χ1v) is 8.67. The van der Waals surface area contributed by atoms with Crippen molar-refractivity contribution in [1.29, 1.82) is 0 Å². The molecule has 142 valence electrons. The van der Waals surface area contributed by atoms with Crippen molar-refractivity contribution in [3.63, 3.8) is 0 Å². The molecule has 3 aromatic rings. The number of anilines is 1. The van der Waals surface area contributed by atoms with Gasteiger partial charge in [-0.25, -0.2) is 4.79 Å². The summed E-state index contributed by atoms with van der Waals surface area (Å²) in [6.07, 6.45) is -3.90. The van der Waals surface area contributed by atoms with E-state index in [4.69, 9.17) is 4.42 Å². The highest BCUT2D eigenvalue weighted by molar-refractivity contribution is 7.12. The summed E-state index contributed by atoms with van der Waals surface area (Å²) in [4.78, 5) is 13.3. The molecule has 9 heteroatoms. The monoisotopic (exact) mass is 396 g/mol. The number of aliphatic hydroxyl groups excluding tert-OH is 1. The number of alkyl halides is 3. The molecule has 0 bridgehead atoms. The summed E-state index contributed by atoms with van der Waals surface area (Å²) >= 11 is 1.29. The SMILES string of the molecule is O=C(NCc1ccc(C(O)c2ccco2)s1)Nc1cccc(C(F)(F)F)c1. The first-order chi connectivity index (χ1) is 12.8. The molecule has 1 atom stereocenters. The first kappa shape index (κ1) is 19.0. The first-order valence-electron chi connectivity index (χ1n) is 7.85. The lowest BCUT2D eigenvalue weighted by Gasteiger charge is -2.10. The van der Waals surface area contributed by atoms with Gasteiger partial charge >= 0.3 is 12.2 Å². The summed E-state index contributed by atoms with van der Waals surface area (Å²) in [5, 5.41) is 15.1. The molecule has 1 unspecified atom stereocenters. The van der Waals surface area contributed by atoms with E-state index in [2.05, 4.69) is 10.6 Å². The van der Waals surface area contributed by atoms with Gasteiger partial charge in [-0.3, -0.25) is 0 Å². The van der Waals surface area contributed by atoms with Crippen molar-refractivity contribution in [1.82, 2.24) is 5.32 Å². The van der Waals surface area contributed by atoms with Crippen LogP contribution in [-0.2, 0) is 12.7 Å². The number of urea groups is 1. The second-order valence-corrected chi connectivity index (χ2v) is 6.81. The molecule has 0 spiro atoms. The zero-order chi connectivity index (χ0) is 19.4. The quantitative estimate of drug-likeness (QED) is 0.582. The third kappa shape index (κ3) is 4.89. The fraction of sp³-hybridized carbons (Fsp3) is 0.167. The van der Waals surface area contributed by atoms with Gasteiger partial charge in [0.05, 0.1) is 18.4 Å². The van der Waals surface area contributed by atoms with Crippen LogP contribution in [0.1, 0.15) is 27.2 Å². The van der Waals surface area contributed by atoms with E-state index in [-0.39, 0.29) is 12.2 Å². The number of carbonyl (C=O) groups excluding carboxylic acids is 1. The Bertz CT molecular complexity index is 907. The smallest absolute Gasteiger partial charge is 0.416 e. The maximum Gasteiger partial charge on any atom is 0.416 e. The molecule has 0 aliphatic rings. The molecular weight excluding hydrogens is 381 g/mol. The van der Waals surface area contributed by atoms with E-state index in [0.717, 1.165) is 17.0 Å². The van der Waals surface area contributed by atoms with Crippen molar-refractivity contribution < 1.29 is 27.5 Å². The second kappa shape index (κ2) is 7.85. The maximum absolute atomic E-state index is 12.7. The lowest BCUT2D eigenvalue weighted by molar-refractivity contribution is -0.137. The highest BCUT2D eigenvalue weighted by Crippen LogP contribution is 2.31. The van der Waals surface area contributed by atoms with Crippen LogP contribution < -0.4 is 10.6 Å². The Morgan fingerprint density at radius 3 is 2.70 bits per heavy atom. The van der Waals surface area contributed by atoms with Gasteiger partial charge in [-0.1, -0.05) is 6.07 Å². The van der Waals surface area contributed by atoms with Crippen molar-refractivity contribution in [2.75, 3.05) is 5.32 Å². The number of hydrogen-bond acceptors (Lipinski definition) is 4. The van der Waals surface area contributed by atoms with Gasteiger partial charge in [0.1, 0.15) is 11.9 Å². The van der Waals surface area contributed by atoms with Gasteiger partial charge in [0.15, 0.2) is 0 Å². The number of furan rings is 1. The van der Waals surface area contributed by atoms with Crippen LogP contribution in [0.5, 0.6) is 0 Å². The molecule has 0 fully saturated rings. The number of carbonyl (C=O) groups is 1. The van der Waals surface area contributed by atoms with Crippen LogP contribution in [0.15, 0.2) is 59.2 Å². The minimum atomic E-state index is -4.48. The summed E-state index contributed by atoms with van der Waals surface area (Å²) < 4.78 is 43.2. The van der Waals surface area contributed by atoms with Crippen LogP contribution in [0.4, 0.5) is 23.7 Å². The highest BCUT2D eigenvalue weighted by atomic mass is 32.1. The van der Waals surface area contributed by atoms with Crippen molar-refractivity contribution in [3.8, 4) is 0 Å².